The molecule has 0 saturated heterocycles. The minimum absolute atomic E-state index is 0.00435. The highest BCUT2D eigenvalue weighted by Crippen LogP contribution is 2.25. The van der Waals surface area contributed by atoms with Crippen LogP contribution in [0.1, 0.15) is 10.4 Å². The summed E-state index contributed by atoms with van der Waals surface area (Å²) in [6.45, 7) is 0.00435. The molecule has 4 nitrogen and oxygen atoms in total. The second kappa shape index (κ2) is 5.40. The van der Waals surface area contributed by atoms with Crippen molar-refractivity contribution in [2.75, 3.05) is 13.7 Å². The average Bonchev–Trinajstić information content (AvgIpc) is 2.83. The van der Waals surface area contributed by atoms with Crippen LogP contribution in [-0.2, 0) is 7.05 Å². The first-order chi connectivity index (χ1) is 8.70. The number of carbonyl (C=O) groups excluding carboxylic acids is 1. The molecule has 0 unspecified atom stereocenters. The Labute approximate surface area is 106 Å². The first kappa shape index (κ1) is 12.2. The van der Waals surface area contributed by atoms with Gasteiger partial charge in [-0.15, -0.1) is 0 Å². The molecule has 0 aliphatic carbocycles. The molecule has 0 spiro atoms. The van der Waals surface area contributed by atoms with Gasteiger partial charge >= 0.3 is 0 Å². The first-order valence-electron chi connectivity index (χ1n) is 5.61. The number of nitrogens with zero attached hydrogens (tertiary/aromatic N) is 1. The number of rotatable bonds is 5. The minimum Gasteiger partial charge on any atom is -0.493 e. The molecule has 94 valence electrons. The lowest BCUT2D eigenvalue weighted by atomic mass is 10.2. The van der Waals surface area contributed by atoms with E-state index >= 15 is 0 Å². The third-order valence-electron chi connectivity index (χ3n) is 2.58. The molecule has 1 aromatic heterocycles. The van der Waals surface area contributed by atoms with E-state index in [0.717, 1.165) is 0 Å². The number of Topliss-reactive ketones (excluding diaryl/α,β-unsaturated/α-hetero) is 1. The Morgan fingerprint density at radius 3 is 2.56 bits per heavy atom. The maximum Gasteiger partial charge on any atom is 0.201 e. The highest BCUT2D eigenvalue weighted by Gasteiger charge is 2.09. The molecule has 0 bridgehead atoms. The number of benzene rings is 1. The van der Waals surface area contributed by atoms with Crippen molar-refractivity contribution in [2.45, 2.75) is 0 Å². The van der Waals surface area contributed by atoms with E-state index in [1.807, 2.05) is 29.9 Å². The van der Waals surface area contributed by atoms with Crippen LogP contribution >= 0.6 is 0 Å². The molecular weight excluding hydrogens is 230 g/mol. The Morgan fingerprint density at radius 2 is 1.94 bits per heavy atom. The number of ketones is 1. The van der Waals surface area contributed by atoms with Crippen molar-refractivity contribution in [1.82, 2.24) is 4.57 Å². The summed E-state index contributed by atoms with van der Waals surface area (Å²) in [5, 5.41) is 0. The molecule has 1 heterocycles. The summed E-state index contributed by atoms with van der Waals surface area (Å²) in [5.74, 6) is 1.14. The number of aromatic nitrogens is 1. The summed E-state index contributed by atoms with van der Waals surface area (Å²) in [7, 11) is 3.44. The zero-order valence-corrected chi connectivity index (χ0v) is 10.4. The van der Waals surface area contributed by atoms with Crippen LogP contribution in [-0.4, -0.2) is 24.1 Å². The standard InChI is InChI=1S/C14H15NO3/c1-15-8-7-11(9-15)12(16)10-18-14-6-4-3-5-13(14)17-2/h3-9H,10H2,1-2H3. The number of ether oxygens (including phenoxy) is 2. The molecule has 0 saturated carbocycles. The Hall–Kier alpha value is -2.23. The van der Waals surface area contributed by atoms with E-state index in [9.17, 15) is 4.79 Å². The van der Waals surface area contributed by atoms with Crippen molar-refractivity contribution in [3.05, 3.63) is 48.3 Å². The van der Waals surface area contributed by atoms with Gasteiger partial charge in [0.05, 0.1) is 7.11 Å². The van der Waals surface area contributed by atoms with Crippen LogP contribution in [0.15, 0.2) is 42.7 Å². The zero-order chi connectivity index (χ0) is 13.0. The Bertz CT molecular complexity index is 545. The maximum absolute atomic E-state index is 11.9. The Morgan fingerprint density at radius 1 is 1.22 bits per heavy atom. The van der Waals surface area contributed by atoms with Gasteiger partial charge in [0.1, 0.15) is 0 Å². The van der Waals surface area contributed by atoms with E-state index in [1.165, 1.54) is 0 Å². The van der Waals surface area contributed by atoms with Crippen molar-refractivity contribution >= 4 is 5.78 Å². The number of carbonyl (C=O) groups is 1. The summed E-state index contributed by atoms with van der Waals surface area (Å²) in [6.07, 6.45) is 3.60. The van der Waals surface area contributed by atoms with Crippen LogP contribution in [0, 0.1) is 0 Å². The second-order valence-electron chi connectivity index (χ2n) is 3.93. The Balaban J connectivity index is 2.01. The number of para-hydroxylation sites is 2. The van der Waals surface area contributed by atoms with Gasteiger partial charge in [0.15, 0.2) is 18.1 Å². The zero-order valence-electron chi connectivity index (χ0n) is 10.4. The predicted molar refractivity (Wildman–Crippen MR) is 68.2 cm³/mol. The highest BCUT2D eigenvalue weighted by molar-refractivity contribution is 5.97. The second-order valence-corrected chi connectivity index (χ2v) is 3.93. The van der Waals surface area contributed by atoms with Crippen molar-refractivity contribution in [1.29, 1.82) is 0 Å². The van der Waals surface area contributed by atoms with Gasteiger partial charge in [0.25, 0.3) is 0 Å². The van der Waals surface area contributed by atoms with Gasteiger partial charge in [-0.3, -0.25) is 4.79 Å². The minimum atomic E-state index is -0.0542. The molecule has 2 aromatic rings. The molecule has 18 heavy (non-hydrogen) atoms. The SMILES string of the molecule is COc1ccccc1OCC(=O)c1ccn(C)c1. The molecule has 0 fully saturated rings. The van der Waals surface area contributed by atoms with Gasteiger partial charge in [-0.05, 0) is 18.2 Å². The van der Waals surface area contributed by atoms with Gasteiger partial charge in [-0.25, -0.2) is 0 Å². The maximum atomic E-state index is 11.9. The number of aryl methyl sites for hydroxylation is 1. The van der Waals surface area contributed by atoms with Gasteiger partial charge < -0.3 is 14.0 Å². The molecule has 0 amide bonds. The molecule has 4 heteroatoms. The van der Waals surface area contributed by atoms with E-state index in [1.54, 1.807) is 31.5 Å². The summed E-state index contributed by atoms with van der Waals surface area (Å²) in [4.78, 5) is 11.9. The molecule has 0 aliphatic heterocycles. The molecule has 1 aromatic carbocycles. The highest BCUT2D eigenvalue weighted by atomic mass is 16.5. The van der Waals surface area contributed by atoms with E-state index in [0.29, 0.717) is 17.1 Å². The molecule has 2 rings (SSSR count). The molecule has 0 radical (unpaired) electrons. The largest absolute Gasteiger partial charge is 0.493 e. The van der Waals surface area contributed by atoms with Crippen molar-refractivity contribution in [2.24, 2.45) is 7.05 Å². The quantitative estimate of drug-likeness (QED) is 0.759. The normalized spacial score (nSPS) is 10.1. The third kappa shape index (κ3) is 2.71. The van der Waals surface area contributed by atoms with E-state index < -0.39 is 0 Å². The lowest BCUT2D eigenvalue weighted by Crippen LogP contribution is -2.11. The third-order valence-corrected chi connectivity index (χ3v) is 2.58. The molecular formula is C14H15NO3. The Kier molecular flexibility index (Phi) is 3.67. The fourth-order valence-electron chi connectivity index (χ4n) is 1.63. The van der Waals surface area contributed by atoms with E-state index in [2.05, 4.69) is 0 Å². The van der Waals surface area contributed by atoms with Crippen molar-refractivity contribution < 1.29 is 14.3 Å². The number of methoxy groups -OCH3 is 1. The summed E-state index contributed by atoms with van der Waals surface area (Å²) in [6, 6.07) is 9.03. The lowest BCUT2D eigenvalue weighted by Gasteiger charge is -2.09. The summed E-state index contributed by atoms with van der Waals surface area (Å²) < 4.78 is 12.4. The van der Waals surface area contributed by atoms with E-state index in [4.69, 9.17) is 9.47 Å². The topological polar surface area (TPSA) is 40.5 Å². The fraction of sp³-hybridized carbons (Fsp3) is 0.214. The molecule has 0 atom stereocenters. The van der Waals surface area contributed by atoms with Gasteiger partial charge in [0, 0.05) is 25.0 Å². The smallest absolute Gasteiger partial charge is 0.201 e. The lowest BCUT2D eigenvalue weighted by molar-refractivity contribution is 0.0919. The summed E-state index contributed by atoms with van der Waals surface area (Å²) >= 11 is 0. The van der Waals surface area contributed by atoms with Crippen molar-refractivity contribution in [3.63, 3.8) is 0 Å². The van der Waals surface area contributed by atoms with Crippen LogP contribution in [0.3, 0.4) is 0 Å². The molecule has 0 N–H and O–H groups in total. The fourth-order valence-corrected chi connectivity index (χ4v) is 1.63. The van der Waals surface area contributed by atoms with Crippen LogP contribution in [0.2, 0.25) is 0 Å². The summed E-state index contributed by atoms with van der Waals surface area (Å²) in [5.41, 5.74) is 0.646. The molecule has 0 aliphatic rings. The van der Waals surface area contributed by atoms with Gasteiger partial charge in [0.2, 0.25) is 5.78 Å². The van der Waals surface area contributed by atoms with Gasteiger partial charge in [-0.1, -0.05) is 12.1 Å². The first-order valence-corrected chi connectivity index (χ1v) is 5.61. The monoisotopic (exact) mass is 245 g/mol. The van der Waals surface area contributed by atoms with Crippen LogP contribution in [0.25, 0.3) is 0 Å². The number of hydrogen-bond donors (Lipinski definition) is 0. The predicted octanol–water partition coefficient (Wildman–Crippen LogP) is 2.30. The van der Waals surface area contributed by atoms with Crippen molar-refractivity contribution in [3.8, 4) is 11.5 Å². The number of hydrogen-bond acceptors (Lipinski definition) is 3. The average molecular weight is 245 g/mol. The van der Waals surface area contributed by atoms with Gasteiger partial charge in [-0.2, -0.15) is 0 Å². The van der Waals surface area contributed by atoms with E-state index in [-0.39, 0.29) is 12.4 Å². The van der Waals surface area contributed by atoms with Crippen LogP contribution in [0.4, 0.5) is 0 Å². The van der Waals surface area contributed by atoms with Crippen LogP contribution < -0.4 is 9.47 Å². The van der Waals surface area contributed by atoms with Crippen LogP contribution in [0.5, 0.6) is 11.5 Å².